The van der Waals surface area contributed by atoms with E-state index in [0.717, 1.165) is 30.6 Å². The second-order valence-corrected chi connectivity index (χ2v) is 6.00. The normalized spacial score (nSPS) is 18.1. The standard InChI is InChI=1S/C18H17FN4O/c19-16-4-2-1-3-14(16)11-23-10-7-15(12-23)18-21-17(22-24-18)13-5-8-20-9-6-13/h1-6,8-9,15H,7,10-12H2/t15-/m0/s1. The van der Waals surface area contributed by atoms with Gasteiger partial charge >= 0.3 is 0 Å². The number of hydrogen-bond donors (Lipinski definition) is 0. The van der Waals surface area contributed by atoms with Crippen LogP contribution in [-0.2, 0) is 6.54 Å². The zero-order valence-corrected chi connectivity index (χ0v) is 13.1. The van der Waals surface area contributed by atoms with Crippen molar-refractivity contribution in [3.05, 3.63) is 66.1 Å². The van der Waals surface area contributed by atoms with Crippen LogP contribution in [0.15, 0.2) is 53.3 Å². The van der Waals surface area contributed by atoms with Crippen LogP contribution in [0.25, 0.3) is 11.4 Å². The predicted molar refractivity (Wildman–Crippen MR) is 86.6 cm³/mol. The van der Waals surface area contributed by atoms with Crippen molar-refractivity contribution in [1.29, 1.82) is 0 Å². The lowest BCUT2D eigenvalue weighted by Gasteiger charge is -2.15. The van der Waals surface area contributed by atoms with Gasteiger partial charge in [-0.2, -0.15) is 4.98 Å². The Hall–Kier alpha value is -2.60. The van der Waals surface area contributed by atoms with Crippen molar-refractivity contribution < 1.29 is 8.91 Å². The molecule has 1 aliphatic rings. The molecule has 0 amide bonds. The van der Waals surface area contributed by atoms with Gasteiger partial charge < -0.3 is 4.52 Å². The van der Waals surface area contributed by atoms with Crippen molar-refractivity contribution in [3.63, 3.8) is 0 Å². The first-order valence-electron chi connectivity index (χ1n) is 7.99. The molecule has 0 unspecified atom stereocenters. The van der Waals surface area contributed by atoms with E-state index < -0.39 is 0 Å². The average molecular weight is 324 g/mol. The van der Waals surface area contributed by atoms with Gasteiger partial charge in [0, 0.05) is 36.6 Å². The number of aromatic nitrogens is 3. The Morgan fingerprint density at radius 3 is 2.83 bits per heavy atom. The van der Waals surface area contributed by atoms with Crippen LogP contribution in [0.5, 0.6) is 0 Å². The molecular formula is C18H17FN4O. The van der Waals surface area contributed by atoms with Crippen LogP contribution in [-0.4, -0.2) is 33.1 Å². The molecule has 0 saturated carbocycles. The lowest BCUT2D eigenvalue weighted by atomic mass is 10.1. The molecule has 1 fully saturated rings. The molecule has 122 valence electrons. The summed E-state index contributed by atoms with van der Waals surface area (Å²) in [4.78, 5) is 10.7. The van der Waals surface area contributed by atoms with Gasteiger partial charge in [0.1, 0.15) is 5.82 Å². The first-order valence-corrected chi connectivity index (χ1v) is 7.99. The lowest BCUT2D eigenvalue weighted by Crippen LogP contribution is -2.20. The van der Waals surface area contributed by atoms with Gasteiger partial charge in [-0.3, -0.25) is 9.88 Å². The van der Waals surface area contributed by atoms with Gasteiger partial charge in [0.05, 0.1) is 5.92 Å². The second-order valence-electron chi connectivity index (χ2n) is 6.00. The van der Waals surface area contributed by atoms with Gasteiger partial charge in [-0.1, -0.05) is 23.4 Å². The summed E-state index contributed by atoms with van der Waals surface area (Å²) in [6.07, 6.45) is 4.35. The molecule has 4 rings (SSSR count). The monoisotopic (exact) mass is 324 g/mol. The number of nitrogens with zero attached hydrogens (tertiary/aromatic N) is 4. The smallest absolute Gasteiger partial charge is 0.231 e. The summed E-state index contributed by atoms with van der Waals surface area (Å²) in [5.74, 6) is 1.27. The van der Waals surface area contributed by atoms with Crippen molar-refractivity contribution in [3.8, 4) is 11.4 Å². The zero-order chi connectivity index (χ0) is 16.4. The van der Waals surface area contributed by atoms with Crippen LogP contribution >= 0.6 is 0 Å². The molecule has 3 aromatic rings. The van der Waals surface area contributed by atoms with Crippen LogP contribution in [0.3, 0.4) is 0 Å². The summed E-state index contributed by atoms with van der Waals surface area (Å²) in [7, 11) is 0. The van der Waals surface area contributed by atoms with E-state index in [1.807, 2.05) is 24.3 Å². The van der Waals surface area contributed by atoms with E-state index >= 15 is 0 Å². The van der Waals surface area contributed by atoms with E-state index in [2.05, 4.69) is 20.0 Å². The van der Waals surface area contributed by atoms with Gasteiger partial charge in [0.2, 0.25) is 11.7 Å². The van der Waals surface area contributed by atoms with Crippen LogP contribution in [0.1, 0.15) is 23.8 Å². The number of likely N-dealkylation sites (tertiary alicyclic amines) is 1. The molecule has 6 heteroatoms. The zero-order valence-electron chi connectivity index (χ0n) is 13.1. The maximum absolute atomic E-state index is 13.8. The van der Waals surface area contributed by atoms with Crippen molar-refractivity contribution in [2.45, 2.75) is 18.9 Å². The van der Waals surface area contributed by atoms with Gasteiger partial charge in [0.25, 0.3) is 0 Å². The Bertz CT molecular complexity index is 821. The molecule has 0 bridgehead atoms. The maximum atomic E-state index is 13.8. The van der Waals surface area contributed by atoms with Gasteiger partial charge in [-0.15, -0.1) is 0 Å². The quantitative estimate of drug-likeness (QED) is 0.737. The molecular weight excluding hydrogens is 307 g/mol. The highest BCUT2D eigenvalue weighted by atomic mass is 19.1. The molecule has 1 saturated heterocycles. The number of halogens is 1. The summed E-state index contributed by atoms with van der Waals surface area (Å²) >= 11 is 0. The predicted octanol–water partition coefficient (Wildman–Crippen LogP) is 3.26. The molecule has 0 aliphatic carbocycles. The molecule has 3 heterocycles. The Morgan fingerprint density at radius 1 is 1.17 bits per heavy atom. The minimum atomic E-state index is -0.154. The van der Waals surface area contributed by atoms with E-state index in [0.29, 0.717) is 18.3 Å². The third-order valence-corrected chi connectivity index (χ3v) is 4.35. The van der Waals surface area contributed by atoms with Crippen molar-refractivity contribution in [2.24, 2.45) is 0 Å². The van der Waals surface area contributed by atoms with Gasteiger partial charge in [-0.05, 0) is 31.2 Å². The number of pyridine rings is 1. The van der Waals surface area contributed by atoms with Crippen LogP contribution in [0.4, 0.5) is 4.39 Å². The summed E-state index contributed by atoms with van der Waals surface area (Å²) in [5, 5.41) is 4.06. The second kappa shape index (κ2) is 6.49. The molecule has 5 nitrogen and oxygen atoms in total. The van der Waals surface area contributed by atoms with Crippen molar-refractivity contribution in [2.75, 3.05) is 13.1 Å². The highest BCUT2D eigenvalue weighted by Gasteiger charge is 2.28. The van der Waals surface area contributed by atoms with E-state index in [-0.39, 0.29) is 11.7 Å². The fourth-order valence-electron chi connectivity index (χ4n) is 3.06. The summed E-state index contributed by atoms with van der Waals surface area (Å²) in [5.41, 5.74) is 1.61. The Labute approximate surface area is 139 Å². The van der Waals surface area contributed by atoms with Crippen molar-refractivity contribution >= 4 is 0 Å². The highest BCUT2D eigenvalue weighted by Crippen LogP contribution is 2.28. The molecule has 0 spiro atoms. The van der Waals surface area contributed by atoms with Crippen LogP contribution in [0, 0.1) is 5.82 Å². The number of rotatable bonds is 4. The summed E-state index contributed by atoms with van der Waals surface area (Å²) in [6.45, 7) is 2.30. The Morgan fingerprint density at radius 2 is 2.00 bits per heavy atom. The minimum absolute atomic E-state index is 0.154. The third kappa shape index (κ3) is 3.05. The fourth-order valence-corrected chi connectivity index (χ4v) is 3.06. The maximum Gasteiger partial charge on any atom is 0.231 e. The molecule has 0 N–H and O–H groups in total. The minimum Gasteiger partial charge on any atom is -0.339 e. The van der Waals surface area contributed by atoms with Crippen LogP contribution in [0.2, 0.25) is 0 Å². The first-order chi connectivity index (χ1) is 11.8. The average Bonchev–Trinajstić information content (AvgIpc) is 3.27. The number of benzene rings is 1. The molecule has 1 atom stereocenters. The molecule has 24 heavy (non-hydrogen) atoms. The summed E-state index contributed by atoms with van der Waals surface area (Å²) in [6, 6.07) is 10.6. The first kappa shape index (κ1) is 15.0. The lowest BCUT2D eigenvalue weighted by molar-refractivity contribution is 0.305. The van der Waals surface area contributed by atoms with E-state index in [9.17, 15) is 4.39 Å². The molecule has 0 radical (unpaired) electrons. The molecule has 1 aliphatic heterocycles. The number of hydrogen-bond acceptors (Lipinski definition) is 5. The van der Waals surface area contributed by atoms with E-state index in [1.54, 1.807) is 18.5 Å². The molecule has 1 aromatic carbocycles. The third-order valence-electron chi connectivity index (χ3n) is 4.35. The fraction of sp³-hybridized carbons (Fsp3) is 0.278. The summed E-state index contributed by atoms with van der Waals surface area (Å²) < 4.78 is 19.2. The largest absolute Gasteiger partial charge is 0.339 e. The topological polar surface area (TPSA) is 55.1 Å². The van der Waals surface area contributed by atoms with Crippen molar-refractivity contribution in [1.82, 2.24) is 20.0 Å². The highest BCUT2D eigenvalue weighted by molar-refractivity contribution is 5.52. The Kier molecular flexibility index (Phi) is 4.04. The van der Waals surface area contributed by atoms with E-state index in [4.69, 9.17) is 4.52 Å². The molecule has 2 aromatic heterocycles. The SMILES string of the molecule is Fc1ccccc1CN1CC[C@H](c2nc(-c3ccncc3)no2)C1. The Balaban J connectivity index is 1.44. The van der Waals surface area contributed by atoms with Crippen LogP contribution < -0.4 is 0 Å². The van der Waals surface area contributed by atoms with Gasteiger partial charge in [-0.25, -0.2) is 4.39 Å². The van der Waals surface area contributed by atoms with E-state index in [1.165, 1.54) is 6.07 Å². The van der Waals surface area contributed by atoms with Gasteiger partial charge in [0.15, 0.2) is 0 Å².